The maximum atomic E-state index is 5.12. The van der Waals surface area contributed by atoms with Gasteiger partial charge in [0.05, 0.1) is 27.5 Å². The van der Waals surface area contributed by atoms with E-state index in [4.69, 9.17) is 9.97 Å². The fourth-order valence-electron chi connectivity index (χ4n) is 5.03. The van der Waals surface area contributed by atoms with Crippen molar-refractivity contribution in [2.45, 2.75) is 17.8 Å². The Balaban J connectivity index is 1.64. The van der Waals surface area contributed by atoms with Gasteiger partial charge in [0.1, 0.15) is 11.6 Å². The van der Waals surface area contributed by atoms with Gasteiger partial charge in [0.25, 0.3) is 0 Å². The molecule has 0 amide bonds. The molecule has 4 heteroatoms. The lowest BCUT2D eigenvalue weighted by Crippen LogP contribution is -2.21. The summed E-state index contributed by atoms with van der Waals surface area (Å²) in [6, 6.07) is 27.6. The van der Waals surface area contributed by atoms with Gasteiger partial charge in [0, 0.05) is 20.0 Å². The van der Waals surface area contributed by atoms with E-state index >= 15 is 0 Å². The average molecular weight is 378 g/mol. The Kier molecular flexibility index (Phi) is 3.31. The SMILES string of the molecule is Cn1c(C2(c3nc4ccccc4n3C)C[C@@H]2c2ccccc2)nc2ccccc21. The Morgan fingerprint density at radius 3 is 1.69 bits per heavy atom. The van der Waals surface area contributed by atoms with E-state index in [2.05, 4.69) is 102 Å². The zero-order valence-corrected chi connectivity index (χ0v) is 16.6. The molecule has 0 saturated heterocycles. The van der Waals surface area contributed by atoms with E-state index in [1.54, 1.807) is 0 Å². The van der Waals surface area contributed by atoms with E-state index in [0.717, 1.165) is 29.1 Å². The number of hydrogen-bond acceptors (Lipinski definition) is 2. The minimum Gasteiger partial charge on any atom is -0.330 e. The Labute approximate surface area is 169 Å². The maximum Gasteiger partial charge on any atom is 0.124 e. The van der Waals surface area contributed by atoms with Gasteiger partial charge >= 0.3 is 0 Å². The van der Waals surface area contributed by atoms with Crippen molar-refractivity contribution in [3.63, 3.8) is 0 Å². The quantitative estimate of drug-likeness (QED) is 0.446. The zero-order chi connectivity index (χ0) is 19.6. The van der Waals surface area contributed by atoms with Crippen molar-refractivity contribution in [1.82, 2.24) is 19.1 Å². The second-order valence-corrected chi connectivity index (χ2v) is 8.11. The summed E-state index contributed by atoms with van der Waals surface area (Å²) in [5.74, 6) is 2.58. The summed E-state index contributed by atoms with van der Waals surface area (Å²) in [5, 5.41) is 0. The number of rotatable bonds is 3. The highest BCUT2D eigenvalue weighted by molar-refractivity contribution is 5.79. The van der Waals surface area contributed by atoms with Crippen molar-refractivity contribution < 1.29 is 0 Å². The van der Waals surface area contributed by atoms with Crippen molar-refractivity contribution in [2.24, 2.45) is 14.1 Å². The standard InChI is InChI=1S/C25H22N4/c1-28-21-14-8-6-12-19(21)26-23(28)25(16-18(25)17-10-4-3-5-11-17)24-27-20-13-7-9-15-22(20)29(24)2/h3-15,18H,16H2,1-2H3/t18-/m1/s1. The lowest BCUT2D eigenvalue weighted by atomic mass is 9.96. The van der Waals surface area contributed by atoms with E-state index in [1.807, 2.05) is 0 Å². The van der Waals surface area contributed by atoms with Gasteiger partial charge in [-0.05, 0) is 36.2 Å². The summed E-state index contributed by atoms with van der Waals surface area (Å²) in [7, 11) is 4.27. The summed E-state index contributed by atoms with van der Waals surface area (Å²) in [4.78, 5) is 10.2. The molecule has 0 spiro atoms. The first-order valence-electron chi connectivity index (χ1n) is 10.1. The van der Waals surface area contributed by atoms with E-state index in [1.165, 1.54) is 16.6 Å². The number of fused-ring (bicyclic) bond motifs is 2. The minimum atomic E-state index is -0.219. The second kappa shape index (κ2) is 5.80. The highest BCUT2D eigenvalue weighted by atomic mass is 15.1. The molecule has 1 saturated carbocycles. The highest BCUT2D eigenvalue weighted by Crippen LogP contribution is 2.63. The second-order valence-electron chi connectivity index (χ2n) is 8.11. The van der Waals surface area contributed by atoms with Crippen LogP contribution in [-0.4, -0.2) is 19.1 Å². The first-order chi connectivity index (χ1) is 14.2. The number of aryl methyl sites for hydroxylation is 2. The molecule has 142 valence electrons. The van der Waals surface area contributed by atoms with Crippen LogP contribution >= 0.6 is 0 Å². The lowest BCUT2D eigenvalue weighted by Gasteiger charge is -2.18. The van der Waals surface area contributed by atoms with E-state index in [9.17, 15) is 0 Å². The number of hydrogen-bond donors (Lipinski definition) is 0. The molecule has 0 radical (unpaired) electrons. The molecule has 1 aliphatic carbocycles. The molecule has 1 aliphatic rings. The van der Waals surface area contributed by atoms with E-state index in [0.29, 0.717) is 5.92 Å². The third-order valence-corrected chi connectivity index (χ3v) is 6.54. The first-order valence-corrected chi connectivity index (χ1v) is 10.1. The maximum absolute atomic E-state index is 5.12. The smallest absolute Gasteiger partial charge is 0.124 e. The monoisotopic (exact) mass is 378 g/mol. The topological polar surface area (TPSA) is 35.6 Å². The van der Waals surface area contributed by atoms with Crippen LogP contribution in [0.5, 0.6) is 0 Å². The van der Waals surface area contributed by atoms with Gasteiger partial charge in [-0.15, -0.1) is 0 Å². The fourth-order valence-corrected chi connectivity index (χ4v) is 5.03. The number of para-hydroxylation sites is 4. The summed E-state index contributed by atoms with van der Waals surface area (Å²) < 4.78 is 4.52. The molecule has 2 aromatic heterocycles. The molecule has 2 heterocycles. The van der Waals surface area contributed by atoms with Crippen LogP contribution in [0.25, 0.3) is 22.1 Å². The fraction of sp³-hybridized carbons (Fsp3) is 0.200. The molecule has 6 rings (SSSR count). The normalized spacial score (nSPS) is 17.8. The molecule has 5 aromatic rings. The Bertz CT molecular complexity index is 1280. The summed E-state index contributed by atoms with van der Waals surface area (Å²) in [6.07, 6.45) is 1.02. The Morgan fingerprint density at radius 2 is 1.17 bits per heavy atom. The molecule has 3 aromatic carbocycles. The van der Waals surface area contributed by atoms with Crippen LogP contribution in [-0.2, 0) is 19.5 Å². The molecular weight excluding hydrogens is 356 g/mol. The molecular formula is C25H22N4. The van der Waals surface area contributed by atoms with Crippen LogP contribution in [0, 0.1) is 0 Å². The molecule has 4 nitrogen and oxygen atoms in total. The van der Waals surface area contributed by atoms with Gasteiger partial charge in [-0.2, -0.15) is 0 Å². The van der Waals surface area contributed by atoms with Crippen molar-refractivity contribution in [1.29, 1.82) is 0 Å². The van der Waals surface area contributed by atoms with Crippen molar-refractivity contribution in [3.8, 4) is 0 Å². The first kappa shape index (κ1) is 16.5. The number of nitrogens with zero attached hydrogens (tertiary/aromatic N) is 4. The summed E-state index contributed by atoms with van der Waals surface area (Å²) in [6.45, 7) is 0. The predicted molar refractivity (Wildman–Crippen MR) is 116 cm³/mol. The molecule has 1 atom stereocenters. The van der Waals surface area contributed by atoms with Crippen LogP contribution in [0.1, 0.15) is 29.6 Å². The van der Waals surface area contributed by atoms with Crippen molar-refractivity contribution >= 4 is 22.1 Å². The molecule has 0 bridgehead atoms. The third kappa shape index (κ3) is 2.20. The number of benzene rings is 3. The minimum absolute atomic E-state index is 0.219. The average Bonchev–Trinajstić information content (AvgIpc) is 3.30. The van der Waals surface area contributed by atoms with Crippen molar-refractivity contribution in [2.75, 3.05) is 0 Å². The largest absolute Gasteiger partial charge is 0.330 e. The predicted octanol–water partition coefficient (Wildman–Crippen LogP) is 4.93. The van der Waals surface area contributed by atoms with Crippen LogP contribution in [0.3, 0.4) is 0 Å². The van der Waals surface area contributed by atoms with E-state index in [-0.39, 0.29) is 5.41 Å². The van der Waals surface area contributed by atoms with Gasteiger partial charge in [-0.3, -0.25) is 0 Å². The molecule has 0 unspecified atom stereocenters. The highest BCUT2D eigenvalue weighted by Gasteiger charge is 2.62. The third-order valence-electron chi connectivity index (χ3n) is 6.54. The van der Waals surface area contributed by atoms with E-state index < -0.39 is 0 Å². The lowest BCUT2D eigenvalue weighted by molar-refractivity contribution is 0.618. The molecule has 1 fully saturated rings. The summed E-state index contributed by atoms with van der Waals surface area (Å²) in [5.41, 5.74) is 5.55. The summed E-state index contributed by atoms with van der Waals surface area (Å²) >= 11 is 0. The Morgan fingerprint density at radius 1 is 0.690 bits per heavy atom. The van der Waals surface area contributed by atoms with Gasteiger partial charge in [0.2, 0.25) is 0 Å². The number of imidazole rings is 2. The van der Waals surface area contributed by atoms with Crippen LogP contribution < -0.4 is 0 Å². The van der Waals surface area contributed by atoms with Gasteiger partial charge in [-0.1, -0.05) is 54.6 Å². The van der Waals surface area contributed by atoms with Crippen LogP contribution in [0.4, 0.5) is 0 Å². The molecule has 0 N–H and O–H groups in total. The van der Waals surface area contributed by atoms with Gasteiger partial charge in [-0.25, -0.2) is 9.97 Å². The van der Waals surface area contributed by atoms with Crippen LogP contribution in [0.2, 0.25) is 0 Å². The Hall–Kier alpha value is -3.40. The number of aromatic nitrogens is 4. The van der Waals surface area contributed by atoms with Gasteiger partial charge in [0.15, 0.2) is 0 Å². The molecule has 0 aliphatic heterocycles. The van der Waals surface area contributed by atoms with Gasteiger partial charge < -0.3 is 9.13 Å². The van der Waals surface area contributed by atoms with Crippen LogP contribution in [0.15, 0.2) is 78.9 Å². The molecule has 29 heavy (non-hydrogen) atoms. The van der Waals surface area contributed by atoms with Crippen molar-refractivity contribution in [3.05, 3.63) is 96.1 Å². The zero-order valence-electron chi connectivity index (χ0n) is 16.6.